The van der Waals surface area contributed by atoms with E-state index in [1.807, 2.05) is 36.4 Å². The summed E-state index contributed by atoms with van der Waals surface area (Å²) < 4.78 is 6.30. The number of nitrogens with zero attached hydrogens (tertiary/aromatic N) is 3. The summed E-state index contributed by atoms with van der Waals surface area (Å²) in [6.07, 6.45) is 12.6. The Morgan fingerprint density at radius 3 is 1.68 bits per heavy atom. The average molecular weight is 766 g/mol. The fourth-order valence-electron chi connectivity index (χ4n) is 8.24. The molecule has 0 bridgehead atoms. The molecular formula is C46H59N3O7. The van der Waals surface area contributed by atoms with Gasteiger partial charge in [-0.25, -0.2) is 4.79 Å². The van der Waals surface area contributed by atoms with Gasteiger partial charge in [-0.15, -0.1) is 0 Å². The van der Waals surface area contributed by atoms with Crippen molar-refractivity contribution in [2.75, 3.05) is 33.3 Å². The summed E-state index contributed by atoms with van der Waals surface area (Å²) in [4.78, 5) is 73.2. The van der Waals surface area contributed by atoms with E-state index in [2.05, 4.69) is 24.3 Å². The van der Waals surface area contributed by atoms with Crippen LogP contribution in [0.5, 0.6) is 0 Å². The maximum atomic E-state index is 14.5. The third-order valence-corrected chi connectivity index (χ3v) is 11.3. The molecule has 0 aliphatic carbocycles. The smallest absolute Gasteiger partial charge is 0.329 e. The van der Waals surface area contributed by atoms with Crippen molar-refractivity contribution in [2.45, 2.75) is 114 Å². The quantitative estimate of drug-likeness (QED) is 0.138. The van der Waals surface area contributed by atoms with Crippen LogP contribution in [-0.4, -0.2) is 101 Å². The van der Waals surface area contributed by atoms with Crippen LogP contribution in [-0.2, 0) is 27.2 Å². The second kappa shape index (κ2) is 22.0. The van der Waals surface area contributed by atoms with Crippen LogP contribution in [0.4, 0.5) is 0 Å². The van der Waals surface area contributed by atoms with Crippen LogP contribution in [0.3, 0.4) is 0 Å². The number of esters is 1. The molecule has 300 valence electrons. The van der Waals surface area contributed by atoms with Gasteiger partial charge in [-0.1, -0.05) is 60.7 Å². The number of amides is 3. The highest BCUT2D eigenvalue weighted by atomic mass is 16.5. The molecule has 56 heavy (non-hydrogen) atoms. The Labute approximate surface area is 332 Å². The number of aldehydes is 1. The van der Waals surface area contributed by atoms with Crippen molar-refractivity contribution in [3.05, 3.63) is 107 Å². The van der Waals surface area contributed by atoms with Crippen LogP contribution >= 0.6 is 0 Å². The summed E-state index contributed by atoms with van der Waals surface area (Å²) in [5, 5.41) is 7.00. The number of carbonyl (C=O) groups excluding carboxylic acids is 5. The zero-order valence-corrected chi connectivity index (χ0v) is 33.0. The van der Waals surface area contributed by atoms with Gasteiger partial charge in [-0.2, -0.15) is 0 Å². The van der Waals surface area contributed by atoms with Gasteiger partial charge in [0.2, 0.25) is 0 Å². The number of hydrogen-bond donors (Lipinski definition) is 1. The first kappa shape index (κ1) is 42.3. The topological polar surface area (TPSA) is 125 Å². The van der Waals surface area contributed by atoms with Gasteiger partial charge in [-0.3, -0.25) is 14.4 Å². The predicted octanol–water partition coefficient (Wildman–Crippen LogP) is 7.07. The SMILES string of the molecule is CO.O=C[C@@H]1CCCCN1C(=O)c1cc(C(=O)N2CCCCC2)cc(C(=O)N2CCCC[C@H]2C(=O)OC(CCCc2ccccc2)CCCc2ccccc2)c1. The van der Waals surface area contributed by atoms with E-state index in [0.29, 0.717) is 39.0 Å². The van der Waals surface area contributed by atoms with E-state index in [1.165, 1.54) is 11.1 Å². The molecule has 0 radical (unpaired) electrons. The Morgan fingerprint density at radius 1 is 0.643 bits per heavy atom. The van der Waals surface area contributed by atoms with E-state index < -0.39 is 24.0 Å². The van der Waals surface area contributed by atoms with Crippen molar-refractivity contribution in [1.29, 1.82) is 0 Å². The standard InChI is InChI=1S/C45H55N3O6.CH4O/c49-33-39-22-8-12-28-47(39)43(51)37-30-36(42(50)46-26-10-3-11-27-46)31-38(32-37)44(52)48-29-13-9-25-41(48)45(53)54-40(23-14-20-34-16-4-1-5-17-34)24-15-21-35-18-6-2-7-19-35;1-2/h1-2,4-7,16-19,30-33,39-41H,3,8-15,20-29H2;2H,1H3/t39-,41-;/m0./s1. The fraction of sp³-hybridized carbons (Fsp3) is 0.500. The van der Waals surface area contributed by atoms with E-state index in [9.17, 15) is 24.0 Å². The maximum Gasteiger partial charge on any atom is 0.329 e. The molecule has 0 saturated carbocycles. The highest BCUT2D eigenvalue weighted by Gasteiger charge is 2.36. The summed E-state index contributed by atoms with van der Waals surface area (Å²) in [7, 11) is 1.00. The number of aliphatic hydroxyl groups excluding tert-OH is 1. The molecule has 0 unspecified atom stereocenters. The van der Waals surface area contributed by atoms with Crippen LogP contribution in [0, 0.1) is 0 Å². The Morgan fingerprint density at radius 2 is 1.12 bits per heavy atom. The van der Waals surface area contributed by atoms with Gasteiger partial charge in [0.1, 0.15) is 18.4 Å². The Hall–Kier alpha value is -4.83. The number of rotatable bonds is 14. The molecular weight excluding hydrogens is 707 g/mol. The lowest BCUT2D eigenvalue weighted by atomic mass is 9.97. The molecule has 3 aliphatic heterocycles. The van der Waals surface area contributed by atoms with Crippen LogP contribution < -0.4 is 0 Å². The summed E-state index contributed by atoms with van der Waals surface area (Å²) in [6, 6.07) is 24.0. The second-order valence-electron chi connectivity index (χ2n) is 15.2. The zero-order valence-electron chi connectivity index (χ0n) is 33.0. The third-order valence-electron chi connectivity index (χ3n) is 11.3. The molecule has 2 atom stereocenters. The monoisotopic (exact) mass is 765 g/mol. The molecule has 3 fully saturated rings. The second-order valence-corrected chi connectivity index (χ2v) is 15.2. The van der Waals surface area contributed by atoms with Crippen LogP contribution in [0.2, 0.25) is 0 Å². The van der Waals surface area contributed by atoms with Crippen LogP contribution in [0.25, 0.3) is 0 Å². The highest BCUT2D eigenvalue weighted by molar-refractivity contribution is 6.05. The van der Waals surface area contributed by atoms with Crippen molar-refractivity contribution >= 4 is 30.0 Å². The first-order chi connectivity index (χ1) is 27.4. The lowest BCUT2D eigenvalue weighted by Crippen LogP contribution is -2.49. The van der Waals surface area contributed by atoms with Crippen molar-refractivity contribution in [2.24, 2.45) is 0 Å². The van der Waals surface area contributed by atoms with Crippen molar-refractivity contribution < 1.29 is 33.8 Å². The zero-order chi connectivity index (χ0) is 39.7. The Balaban J connectivity index is 0.00000295. The molecule has 3 saturated heterocycles. The van der Waals surface area contributed by atoms with E-state index in [4.69, 9.17) is 9.84 Å². The van der Waals surface area contributed by atoms with Gasteiger partial charge >= 0.3 is 5.97 Å². The molecule has 10 heteroatoms. The van der Waals surface area contributed by atoms with Crippen LogP contribution in [0.1, 0.15) is 126 Å². The summed E-state index contributed by atoms with van der Waals surface area (Å²) >= 11 is 0. The van der Waals surface area contributed by atoms with Gasteiger partial charge in [0.25, 0.3) is 17.7 Å². The van der Waals surface area contributed by atoms with Gasteiger partial charge < -0.3 is 29.3 Å². The minimum atomic E-state index is -0.765. The van der Waals surface area contributed by atoms with Crippen molar-refractivity contribution in [3.63, 3.8) is 0 Å². The number of aryl methyl sites for hydroxylation is 2. The number of ether oxygens (including phenoxy) is 1. The Bertz CT molecular complexity index is 1680. The first-order valence-electron chi connectivity index (χ1n) is 20.7. The molecule has 3 aromatic carbocycles. The van der Waals surface area contributed by atoms with Gasteiger partial charge in [0.05, 0.1) is 6.04 Å². The van der Waals surface area contributed by atoms with Gasteiger partial charge in [0.15, 0.2) is 0 Å². The molecule has 3 amide bonds. The van der Waals surface area contributed by atoms with E-state index >= 15 is 0 Å². The summed E-state index contributed by atoms with van der Waals surface area (Å²) in [5.74, 6) is -1.37. The van der Waals surface area contributed by atoms with Crippen LogP contribution in [0.15, 0.2) is 78.9 Å². The lowest BCUT2D eigenvalue weighted by molar-refractivity contribution is -0.156. The molecule has 10 nitrogen and oxygen atoms in total. The number of aliphatic hydroxyl groups is 1. The van der Waals surface area contributed by atoms with E-state index in [1.54, 1.807) is 32.9 Å². The normalized spacial score (nSPS) is 18.4. The Kier molecular flexibility index (Phi) is 16.7. The number of piperidine rings is 3. The molecule has 1 N–H and O–H groups in total. The fourth-order valence-corrected chi connectivity index (χ4v) is 8.24. The largest absolute Gasteiger partial charge is 0.461 e. The van der Waals surface area contributed by atoms with E-state index in [0.717, 1.165) is 96.9 Å². The minimum Gasteiger partial charge on any atom is -0.461 e. The molecule has 0 aromatic heterocycles. The molecule has 6 rings (SSSR count). The minimum absolute atomic E-state index is 0.197. The van der Waals surface area contributed by atoms with Gasteiger partial charge in [0, 0.05) is 50.0 Å². The summed E-state index contributed by atoms with van der Waals surface area (Å²) in [5.41, 5.74) is 3.18. The first-order valence-corrected chi connectivity index (χ1v) is 20.7. The molecule has 3 heterocycles. The van der Waals surface area contributed by atoms with Crippen molar-refractivity contribution in [1.82, 2.24) is 14.7 Å². The van der Waals surface area contributed by atoms with Crippen molar-refractivity contribution in [3.8, 4) is 0 Å². The molecule has 3 aliphatic rings. The average Bonchev–Trinajstić information content (AvgIpc) is 3.27. The van der Waals surface area contributed by atoms with E-state index in [-0.39, 0.29) is 34.6 Å². The number of likely N-dealkylation sites (tertiary alicyclic amines) is 3. The third kappa shape index (κ3) is 11.6. The molecule has 0 spiro atoms. The maximum absolute atomic E-state index is 14.5. The highest BCUT2D eigenvalue weighted by Crippen LogP contribution is 2.27. The van der Waals surface area contributed by atoms with Gasteiger partial charge in [-0.05, 0) is 126 Å². The molecule has 3 aromatic rings. The summed E-state index contributed by atoms with van der Waals surface area (Å²) in [6.45, 7) is 2.06. The lowest BCUT2D eigenvalue weighted by Gasteiger charge is -2.35. The number of benzene rings is 3. The predicted molar refractivity (Wildman–Crippen MR) is 216 cm³/mol. The number of carbonyl (C=O) groups is 5. The number of hydrogen-bond acceptors (Lipinski definition) is 7.